The molecule has 2 aromatic carbocycles. The second-order valence-electron chi connectivity index (χ2n) is 12.1. The SMILES string of the molecule is C[C@@H](CC(=O)C1CCC(CS(=O)(=O)c2ccc(-c3ccc(CN4CCS(=O)(=O)CC4)nc3)cc2)CC1)c1ccc(F)cc1. The van der Waals surface area contributed by atoms with E-state index in [1.165, 1.54) is 12.1 Å². The molecule has 0 bridgehead atoms. The molecule has 1 saturated heterocycles. The van der Waals surface area contributed by atoms with Gasteiger partial charge in [-0.1, -0.05) is 37.3 Å². The minimum absolute atomic E-state index is 0.0191. The van der Waals surface area contributed by atoms with Gasteiger partial charge in [-0.25, -0.2) is 21.2 Å². The number of pyridine rings is 1. The lowest BCUT2D eigenvalue weighted by Crippen LogP contribution is -2.39. The summed E-state index contributed by atoms with van der Waals surface area (Å²) in [4.78, 5) is 19.8. The second-order valence-corrected chi connectivity index (χ2v) is 16.5. The molecule has 230 valence electrons. The number of ketones is 1. The fourth-order valence-corrected chi connectivity index (χ4v) is 9.09. The number of sulfone groups is 2. The molecule has 3 aromatic rings. The highest BCUT2D eigenvalue weighted by Crippen LogP contribution is 2.34. The third kappa shape index (κ3) is 8.37. The molecule has 43 heavy (non-hydrogen) atoms. The van der Waals surface area contributed by atoms with E-state index in [0.717, 1.165) is 22.4 Å². The first kappa shape index (κ1) is 31.5. The summed E-state index contributed by atoms with van der Waals surface area (Å²) in [6.07, 6.45) is 5.00. The molecule has 2 aliphatic rings. The summed E-state index contributed by atoms with van der Waals surface area (Å²) in [6.45, 7) is 3.60. The average Bonchev–Trinajstić information content (AvgIpc) is 2.99. The smallest absolute Gasteiger partial charge is 0.178 e. The van der Waals surface area contributed by atoms with E-state index in [4.69, 9.17) is 0 Å². The van der Waals surface area contributed by atoms with Crippen LogP contribution in [0, 0.1) is 17.7 Å². The number of carbonyl (C=O) groups is 1. The van der Waals surface area contributed by atoms with Gasteiger partial charge in [-0.3, -0.25) is 14.7 Å². The molecule has 10 heteroatoms. The molecule has 1 aliphatic heterocycles. The molecular weight excluding hydrogens is 588 g/mol. The number of benzene rings is 2. The zero-order valence-electron chi connectivity index (χ0n) is 24.5. The van der Waals surface area contributed by atoms with Gasteiger partial charge in [-0.15, -0.1) is 0 Å². The van der Waals surface area contributed by atoms with Crippen LogP contribution in [-0.2, 0) is 31.0 Å². The highest BCUT2D eigenvalue weighted by molar-refractivity contribution is 7.91. The van der Waals surface area contributed by atoms with E-state index in [0.29, 0.717) is 56.6 Å². The lowest BCUT2D eigenvalue weighted by Gasteiger charge is -2.28. The van der Waals surface area contributed by atoms with Gasteiger partial charge in [0.25, 0.3) is 0 Å². The van der Waals surface area contributed by atoms with Crippen LogP contribution < -0.4 is 0 Å². The van der Waals surface area contributed by atoms with Gasteiger partial charge >= 0.3 is 0 Å². The minimum atomic E-state index is -3.47. The number of carbonyl (C=O) groups excluding carboxylic acids is 1. The monoisotopic (exact) mass is 626 g/mol. The van der Waals surface area contributed by atoms with Gasteiger partial charge in [-0.2, -0.15) is 0 Å². The molecule has 0 radical (unpaired) electrons. The van der Waals surface area contributed by atoms with Crippen LogP contribution in [0.5, 0.6) is 0 Å². The largest absolute Gasteiger partial charge is 0.299 e. The Morgan fingerprint density at radius 1 is 0.930 bits per heavy atom. The topological polar surface area (TPSA) is 101 Å². The Bertz CT molecular complexity index is 1600. The van der Waals surface area contributed by atoms with Crippen molar-refractivity contribution in [2.45, 2.75) is 56.4 Å². The van der Waals surface area contributed by atoms with Crippen molar-refractivity contribution < 1.29 is 26.0 Å². The van der Waals surface area contributed by atoms with Gasteiger partial charge in [0.15, 0.2) is 19.7 Å². The summed E-state index contributed by atoms with van der Waals surface area (Å²) in [5.41, 5.74) is 3.56. The Labute approximate surface area is 254 Å². The number of aromatic nitrogens is 1. The van der Waals surface area contributed by atoms with Crippen molar-refractivity contribution in [1.82, 2.24) is 9.88 Å². The van der Waals surface area contributed by atoms with Crippen LogP contribution in [0.4, 0.5) is 4.39 Å². The van der Waals surface area contributed by atoms with Gasteiger partial charge in [0.2, 0.25) is 0 Å². The lowest BCUT2D eigenvalue weighted by molar-refractivity contribution is -0.124. The van der Waals surface area contributed by atoms with E-state index in [1.54, 1.807) is 42.6 Å². The number of hydrogen-bond donors (Lipinski definition) is 0. The number of hydrogen-bond acceptors (Lipinski definition) is 7. The maximum atomic E-state index is 13.2. The summed E-state index contributed by atoms with van der Waals surface area (Å²) in [5.74, 6) is 0.359. The van der Waals surface area contributed by atoms with Gasteiger partial charge in [0.05, 0.1) is 27.8 Å². The molecule has 2 fully saturated rings. The summed E-state index contributed by atoms with van der Waals surface area (Å²) < 4.78 is 62.9. The fourth-order valence-electron chi connectivity index (χ4n) is 6.12. The normalized spacial score (nSPS) is 21.7. The average molecular weight is 627 g/mol. The van der Waals surface area contributed by atoms with Crippen molar-refractivity contribution in [3.63, 3.8) is 0 Å². The van der Waals surface area contributed by atoms with Gasteiger partial charge in [-0.05, 0) is 79.0 Å². The molecule has 5 rings (SSSR count). The zero-order chi connectivity index (χ0) is 30.6. The zero-order valence-corrected chi connectivity index (χ0v) is 26.1. The van der Waals surface area contributed by atoms with Crippen molar-refractivity contribution in [1.29, 1.82) is 0 Å². The molecule has 0 unspecified atom stereocenters. The van der Waals surface area contributed by atoms with Crippen LogP contribution in [0.25, 0.3) is 11.1 Å². The highest BCUT2D eigenvalue weighted by Gasteiger charge is 2.30. The van der Waals surface area contributed by atoms with Gasteiger partial charge in [0.1, 0.15) is 11.6 Å². The van der Waals surface area contributed by atoms with Crippen molar-refractivity contribution in [3.8, 4) is 11.1 Å². The first-order valence-corrected chi connectivity index (χ1v) is 18.4. The first-order valence-electron chi connectivity index (χ1n) is 15.0. The predicted molar refractivity (Wildman–Crippen MR) is 166 cm³/mol. The maximum absolute atomic E-state index is 13.2. The van der Waals surface area contributed by atoms with Crippen LogP contribution in [0.3, 0.4) is 0 Å². The summed E-state index contributed by atoms with van der Waals surface area (Å²) in [5, 5.41) is 0. The number of nitrogens with zero attached hydrogens (tertiary/aromatic N) is 2. The van der Waals surface area contributed by atoms with Crippen LogP contribution in [-0.4, -0.2) is 62.9 Å². The number of Topliss-reactive ketones (excluding diaryl/α,β-unsaturated/α-hetero) is 1. The van der Waals surface area contributed by atoms with Crippen LogP contribution in [0.1, 0.15) is 56.2 Å². The van der Waals surface area contributed by atoms with Crippen LogP contribution in [0.2, 0.25) is 0 Å². The molecule has 1 atom stereocenters. The summed E-state index contributed by atoms with van der Waals surface area (Å²) >= 11 is 0. The molecule has 0 N–H and O–H groups in total. The standard InChI is InChI=1S/C33H39FN2O5S2/c1-24(26-6-11-30(34)12-7-26)20-33(37)28-4-2-25(3-5-28)23-43(40,41)32-14-9-27(10-15-32)29-8-13-31(35-21-29)22-36-16-18-42(38,39)19-17-36/h6-15,21,24-25,28H,2-5,16-20,22-23H2,1H3/t24-,25?,28?/m0/s1. The van der Waals surface area contributed by atoms with E-state index < -0.39 is 19.7 Å². The van der Waals surface area contributed by atoms with Gasteiger partial charge < -0.3 is 0 Å². The second kappa shape index (κ2) is 13.4. The first-order chi connectivity index (χ1) is 20.5. The highest BCUT2D eigenvalue weighted by atomic mass is 32.2. The Kier molecular flexibility index (Phi) is 9.78. The molecule has 1 aliphatic carbocycles. The van der Waals surface area contributed by atoms with Crippen molar-refractivity contribution >= 4 is 25.5 Å². The Morgan fingerprint density at radius 3 is 2.16 bits per heavy atom. The summed E-state index contributed by atoms with van der Waals surface area (Å²) in [6, 6.07) is 17.1. The molecule has 7 nitrogen and oxygen atoms in total. The summed E-state index contributed by atoms with van der Waals surface area (Å²) in [7, 11) is -6.38. The van der Waals surface area contributed by atoms with E-state index in [1.807, 2.05) is 19.1 Å². The molecule has 0 amide bonds. The van der Waals surface area contributed by atoms with E-state index in [9.17, 15) is 26.0 Å². The predicted octanol–water partition coefficient (Wildman–Crippen LogP) is 5.46. The third-order valence-electron chi connectivity index (χ3n) is 8.90. The minimum Gasteiger partial charge on any atom is -0.299 e. The van der Waals surface area contributed by atoms with Crippen LogP contribution >= 0.6 is 0 Å². The molecule has 1 aromatic heterocycles. The van der Waals surface area contributed by atoms with E-state index >= 15 is 0 Å². The molecular formula is C33H39FN2O5S2. The third-order valence-corrected chi connectivity index (χ3v) is 12.4. The molecule has 1 saturated carbocycles. The van der Waals surface area contributed by atoms with Gasteiger partial charge in [0, 0.05) is 43.7 Å². The lowest BCUT2D eigenvalue weighted by atomic mass is 9.78. The number of halogens is 1. The van der Waals surface area contributed by atoms with E-state index in [-0.39, 0.29) is 46.6 Å². The van der Waals surface area contributed by atoms with Crippen molar-refractivity contribution in [3.05, 3.63) is 83.9 Å². The number of rotatable bonds is 10. The van der Waals surface area contributed by atoms with Crippen LogP contribution in [0.15, 0.2) is 71.8 Å². The Balaban J connectivity index is 1.10. The van der Waals surface area contributed by atoms with Crippen molar-refractivity contribution in [2.75, 3.05) is 30.3 Å². The molecule has 2 heterocycles. The fraction of sp³-hybridized carbons (Fsp3) is 0.455. The van der Waals surface area contributed by atoms with E-state index in [2.05, 4.69) is 9.88 Å². The quantitative estimate of drug-likeness (QED) is 0.295. The van der Waals surface area contributed by atoms with Crippen molar-refractivity contribution in [2.24, 2.45) is 11.8 Å². The molecule has 0 spiro atoms. The Morgan fingerprint density at radius 2 is 1.56 bits per heavy atom. The Hall–Kier alpha value is -2.95. The maximum Gasteiger partial charge on any atom is 0.178 e.